The predicted octanol–water partition coefficient (Wildman–Crippen LogP) is 14.4. The minimum Gasteiger partial charge on any atom is -0.469 e. The number of benzene rings is 5. The first-order valence-corrected chi connectivity index (χ1v) is 25.4. The molecule has 0 bridgehead atoms. The summed E-state index contributed by atoms with van der Waals surface area (Å²) in [6, 6.07) is 41.0. The van der Waals surface area contributed by atoms with Gasteiger partial charge in [0.15, 0.2) is 0 Å². The van der Waals surface area contributed by atoms with Crippen LogP contribution < -0.4 is 14.3 Å². The average Bonchev–Trinajstić information content (AvgIpc) is 3.58. The number of aromatic nitrogens is 2. The molecule has 1 unspecified atom stereocenters. The summed E-state index contributed by atoms with van der Waals surface area (Å²) in [6.45, 7) is 33.9. The number of aryl methyl sites for hydroxylation is 2. The Kier molecular flexibility index (Phi) is 13.7. The fourth-order valence-corrected chi connectivity index (χ4v) is 10.4. The molecular formula is C58H64IrN2OSi-2. The maximum absolute atomic E-state index is 6.49. The number of nitrogens with zero attached hydrogens (tertiary/aromatic N) is 2. The van der Waals surface area contributed by atoms with Crippen LogP contribution in [-0.2, 0) is 25.5 Å². The van der Waals surface area contributed by atoms with Gasteiger partial charge in [-0.15, -0.1) is 22.8 Å². The minimum atomic E-state index is -1.45. The molecule has 8 aromatic rings. The normalized spacial score (nSPS) is 12.3. The van der Waals surface area contributed by atoms with Crippen LogP contribution >= 0.6 is 0 Å². The van der Waals surface area contributed by atoms with Crippen molar-refractivity contribution in [3.63, 3.8) is 0 Å². The Bertz CT molecular complexity index is 2890. The minimum absolute atomic E-state index is 0. The summed E-state index contributed by atoms with van der Waals surface area (Å²) in [5, 5.41) is 3.70. The van der Waals surface area contributed by atoms with Gasteiger partial charge >= 0.3 is 0 Å². The van der Waals surface area contributed by atoms with Crippen molar-refractivity contribution in [3.8, 4) is 44.8 Å². The van der Waals surface area contributed by atoms with Gasteiger partial charge in [-0.3, -0.25) is 0 Å². The van der Waals surface area contributed by atoms with Crippen LogP contribution in [0.4, 0.5) is 0 Å². The van der Waals surface area contributed by atoms with Crippen LogP contribution in [-0.4, -0.2) is 8.07 Å². The van der Waals surface area contributed by atoms with Gasteiger partial charge in [0.2, 0.25) is 0 Å². The topological polar surface area (TPSA) is 20.9 Å². The Hall–Kier alpha value is -5.45. The number of rotatable bonds is 7. The van der Waals surface area contributed by atoms with E-state index in [9.17, 15) is 0 Å². The van der Waals surface area contributed by atoms with Gasteiger partial charge in [0, 0.05) is 45.0 Å². The smallest absolute Gasteiger partial charge is 0.133 e. The van der Waals surface area contributed by atoms with Crippen molar-refractivity contribution in [2.45, 2.75) is 86.4 Å². The molecule has 3 heterocycles. The first kappa shape index (κ1) is 47.0. The molecule has 0 aliphatic rings. The summed E-state index contributed by atoms with van der Waals surface area (Å²) in [5.74, 6) is 1.14. The van der Waals surface area contributed by atoms with Gasteiger partial charge in [-0.05, 0) is 56.8 Å². The Morgan fingerprint density at radius 3 is 1.83 bits per heavy atom. The third-order valence-corrected chi connectivity index (χ3v) is 14.6. The van der Waals surface area contributed by atoms with E-state index in [4.69, 9.17) is 4.42 Å². The molecule has 327 valence electrons. The van der Waals surface area contributed by atoms with E-state index in [0.29, 0.717) is 11.8 Å². The third kappa shape index (κ3) is 9.72. The van der Waals surface area contributed by atoms with Crippen molar-refractivity contribution in [1.82, 2.24) is 0 Å². The maximum atomic E-state index is 6.49. The summed E-state index contributed by atoms with van der Waals surface area (Å²) in [7, 11) is 7.13. The molecule has 8 rings (SSSR count). The van der Waals surface area contributed by atoms with Crippen LogP contribution in [0, 0.1) is 47.7 Å². The standard InChI is InChI=1S/C35H30NO.C23H34NSi.Ir/c1-23-11-17-29-30-21-27(26-14-12-25(13-15-26)24-9-7-6-8-10-24)16-18-32(30)37-34(29)33(23)31-22-28(35(2,3)4)19-20-36(31)5;1-15(2)19(6)20-13-21(24(7)14-22(20)25(8,9)10)23-17(4)11-16(3)12-18(23)5;/h6-22H,1,5H2,2-4H3;11-15,19H,4,7H2,1-3,5-6,8-10H3;/q2*-1;. The quantitative estimate of drug-likeness (QED) is 0.0885. The molecule has 3 aromatic heterocycles. The fraction of sp³-hybridized carbons (Fsp3) is 0.241. The molecule has 0 N–H and O–H groups in total. The summed E-state index contributed by atoms with van der Waals surface area (Å²) in [4.78, 5) is 0. The van der Waals surface area contributed by atoms with Crippen molar-refractivity contribution in [2.75, 3.05) is 0 Å². The zero-order valence-electron chi connectivity index (χ0n) is 39.2. The van der Waals surface area contributed by atoms with E-state index in [-0.39, 0.29) is 25.5 Å². The molecule has 1 radical (unpaired) electrons. The summed E-state index contributed by atoms with van der Waals surface area (Å²) in [6.07, 6.45) is 4.31. The predicted molar refractivity (Wildman–Crippen MR) is 267 cm³/mol. The first-order valence-electron chi connectivity index (χ1n) is 21.9. The molecular weight excluding hydrogens is 961 g/mol. The Labute approximate surface area is 392 Å². The molecule has 0 saturated heterocycles. The van der Waals surface area contributed by atoms with E-state index >= 15 is 0 Å². The monoisotopic (exact) mass is 1030 g/mol. The molecule has 0 amide bonds. The Morgan fingerprint density at radius 2 is 1.22 bits per heavy atom. The van der Waals surface area contributed by atoms with E-state index < -0.39 is 8.07 Å². The molecule has 0 aliphatic heterocycles. The van der Waals surface area contributed by atoms with Gasteiger partial charge in [0.25, 0.3) is 0 Å². The van der Waals surface area contributed by atoms with Crippen molar-refractivity contribution in [3.05, 3.63) is 189 Å². The van der Waals surface area contributed by atoms with E-state index in [1.165, 1.54) is 55.4 Å². The number of pyridine rings is 2. The van der Waals surface area contributed by atoms with Crippen LogP contribution in [0.3, 0.4) is 0 Å². The molecule has 1 atom stereocenters. The summed E-state index contributed by atoms with van der Waals surface area (Å²) >= 11 is 0. The molecule has 5 aromatic carbocycles. The average molecular weight is 1030 g/mol. The largest absolute Gasteiger partial charge is 0.469 e. The Morgan fingerprint density at radius 1 is 0.619 bits per heavy atom. The van der Waals surface area contributed by atoms with E-state index in [2.05, 4.69) is 223 Å². The number of fused-ring (bicyclic) bond motifs is 3. The van der Waals surface area contributed by atoms with Gasteiger partial charge in [-0.25, -0.2) is 0 Å². The molecule has 0 spiro atoms. The Balaban J connectivity index is 0.000000223. The van der Waals surface area contributed by atoms with E-state index in [1.807, 2.05) is 16.8 Å². The summed E-state index contributed by atoms with van der Waals surface area (Å²) < 4.78 is 10.5. The zero-order chi connectivity index (χ0) is 44.8. The van der Waals surface area contributed by atoms with Crippen molar-refractivity contribution < 1.29 is 33.7 Å². The van der Waals surface area contributed by atoms with Crippen molar-refractivity contribution >= 4 is 35.2 Å². The second-order valence-corrected chi connectivity index (χ2v) is 24.7. The van der Waals surface area contributed by atoms with E-state index in [0.717, 1.165) is 49.9 Å². The first-order chi connectivity index (χ1) is 29.2. The zero-order valence-corrected chi connectivity index (χ0v) is 42.6. The van der Waals surface area contributed by atoms with Crippen LogP contribution in [0.15, 0.2) is 132 Å². The van der Waals surface area contributed by atoms with Crippen molar-refractivity contribution in [1.29, 1.82) is 0 Å². The molecule has 3 nitrogen and oxygen atoms in total. The van der Waals surface area contributed by atoms with Gasteiger partial charge in [-0.2, -0.15) is 37.1 Å². The van der Waals surface area contributed by atoms with Gasteiger partial charge in [-0.1, -0.05) is 177 Å². The van der Waals surface area contributed by atoms with Gasteiger partial charge in [0.05, 0.1) is 37.4 Å². The number of hydrogen-bond donors (Lipinski definition) is 0. The van der Waals surface area contributed by atoms with Gasteiger partial charge in [0.1, 0.15) is 5.58 Å². The van der Waals surface area contributed by atoms with E-state index in [1.54, 1.807) is 0 Å². The summed E-state index contributed by atoms with van der Waals surface area (Å²) in [5.41, 5.74) is 18.2. The fourth-order valence-electron chi connectivity index (χ4n) is 8.65. The molecule has 0 saturated carbocycles. The van der Waals surface area contributed by atoms with Crippen LogP contribution in [0.25, 0.3) is 66.7 Å². The molecule has 0 aliphatic carbocycles. The molecule has 5 heteroatoms. The second kappa shape index (κ2) is 18.3. The van der Waals surface area contributed by atoms with Crippen LogP contribution in [0.5, 0.6) is 0 Å². The molecule has 63 heavy (non-hydrogen) atoms. The van der Waals surface area contributed by atoms with Gasteiger partial charge < -0.3 is 13.6 Å². The number of furan rings is 1. The van der Waals surface area contributed by atoms with Crippen LogP contribution in [0.2, 0.25) is 19.6 Å². The molecule has 0 fully saturated rings. The van der Waals surface area contributed by atoms with Crippen LogP contribution in [0.1, 0.15) is 80.8 Å². The second-order valence-electron chi connectivity index (χ2n) is 19.6. The van der Waals surface area contributed by atoms with Crippen molar-refractivity contribution in [2.24, 2.45) is 5.92 Å². The maximum Gasteiger partial charge on any atom is 0.133 e. The SMILES string of the molecule is [CH2-]c1cc(C)cc(C)c1-c1cc(C(C)C(C)C)c([Si](C)(C)C)c[n+]1[CH2-].[CH2-]c1ccc2c(oc3ccc(-c4ccc(-c5ccccc5)cc4)cc32)c1-c1cc(C(C)(C)C)cc[n+]1[CH2-].[Ir]. The number of hydrogen-bond acceptors (Lipinski definition) is 1. The third-order valence-electron chi connectivity index (χ3n) is 12.5.